The van der Waals surface area contributed by atoms with Gasteiger partial charge in [-0.05, 0) is 70.5 Å². The minimum Gasteiger partial charge on any atom is -0.298 e. The Hall–Kier alpha value is -3.99. The lowest BCUT2D eigenvalue weighted by Crippen LogP contribution is -2.28. The van der Waals surface area contributed by atoms with Crippen molar-refractivity contribution in [3.63, 3.8) is 0 Å². The molecule has 0 atom stereocenters. The average Bonchev–Trinajstić information content (AvgIpc) is 2.99. The molecule has 0 saturated heterocycles. The van der Waals surface area contributed by atoms with Crippen LogP contribution in [-0.4, -0.2) is 27.5 Å². The molecule has 0 bridgehead atoms. The number of hydrogen-bond donors (Lipinski definition) is 0. The summed E-state index contributed by atoms with van der Waals surface area (Å²) in [5.41, 5.74) is 8.08. The van der Waals surface area contributed by atoms with Crippen molar-refractivity contribution in [1.29, 1.82) is 0 Å². The second kappa shape index (κ2) is 11.4. The van der Waals surface area contributed by atoms with Crippen molar-refractivity contribution in [3.05, 3.63) is 142 Å². The first-order valence-corrected chi connectivity index (χ1v) is 13.8. The Bertz CT molecular complexity index is 1670. The van der Waals surface area contributed by atoms with E-state index in [1.54, 1.807) is 10.9 Å². The van der Waals surface area contributed by atoms with Crippen LogP contribution in [-0.2, 0) is 19.5 Å². The molecule has 1 aliphatic heterocycles. The monoisotopic (exact) mass is 531 g/mol. The summed E-state index contributed by atoms with van der Waals surface area (Å²) >= 11 is 6.02. The van der Waals surface area contributed by atoms with Crippen LogP contribution >= 0.6 is 11.6 Å². The molecule has 5 heteroatoms. The maximum absolute atomic E-state index is 13.1. The third kappa shape index (κ3) is 5.88. The molecule has 39 heavy (non-hydrogen) atoms. The first-order chi connectivity index (χ1) is 19.1. The molecule has 1 aromatic heterocycles. The maximum atomic E-state index is 13.1. The normalized spacial score (nSPS) is 13.9. The summed E-state index contributed by atoms with van der Waals surface area (Å²) in [6, 6.07) is 33.0. The molecule has 4 aromatic carbocycles. The third-order valence-corrected chi connectivity index (χ3v) is 7.76. The molecular formula is C34H30ClN3O. The Kier molecular flexibility index (Phi) is 7.40. The van der Waals surface area contributed by atoms with Crippen LogP contribution in [0.5, 0.6) is 0 Å². The van der Waals surface area contributed by atoms with Gasteiger partial charge in [-0.3, -0.25) is 14.3 Å². The topological polar surface area (TPSA) is 38.1 Å². The number of hydrogen-bond acceptors (Lipinski definition) is 3. The lowest BCUT2D eigenvalue weighted by Gasteiger charge is -2.26. The maximum Gasteiger partial charge on any atom is 0.261 e. The highest BCUT2D eigenvalue weighted by Gasteiger charge is 2.13. The number of rotatable bonds is 7. The van der Waals surface area contributed by atoms with E-state index in [1.807, 2.05) is 42.5 Å². The van der Waals surface area contributed by atoms with E-state index in [0.717, 1.165) is 43.6 Å². The highest BCUT2D eigenvalue weighted by atomic mass is 35.5. The van der Waals surface area contributed by atoms with Gasteiger partial charge in [-0.15, -0.1) is 0 Å². The van der Waals surface area contributed by atoms with Crippen molar-refractivity contribution >= 4 is 28.1 Å². The number of aromatic nitrogens is 2. The zero-order valence-electron chi connectivity index (χ0n) is 21.8. The van der Waals surface area contributed by atoms with Gasteiger partial charge < -0.3 is 0 Å². The van der Waals surface area contributed by atoms with Crippen molar-refractivity contribution in [2.45, 2.75) is 25.9 Å². The van der Waals surface area contributed by atoms with E-state index in [1.165, 1.54) is 22.3 Å². The minimum atomic E-state index is -0.00713. The highest BCUT2D eigenvalue weighted by Crippen LogP contribution is 2.25. The highest BCUT2D eigenvalue weighted by molar-refractivity contribution is 6.30. The Labute approximate surface area is 233 Å². The van der Waals surface area contributed by atoms with Gasteiger partial charge in [0.2, 0.25) is 0 Å². The molecule has 0 N–H and O–H groups in total. The van der Waals surface area contributed by atoms with Crippen LogP contribution in [0.1, 0.15) is 23.1 Å². The Morgan fingerprint density at radius 3 is 2.28 bits per heavy atom. The summed E-state index contributed by atoms with van der Waals surface area (Å²) in [5.74, 6) is 0. The second-order valence-electron chi connectivity index (χ2n) is 10.1. The molecule has 1 aliphatic rings. The smallest absolute Gasteiger partial charge is 0.261 e. The van der Waals surface area contributed by atoms with Crippen molar-refractivity contribution in [2.24, 2.45) is 0 Å². The first kappa shape index (κ1) is 25.3. The fourth-order valence-electron chi connectivity index (χ4n) is 5.23. The molecule has 0 radical (unpaired) electrons. The van der Waals surface area contributed by atoms with Gasteiger partial charge in [-0.2, -0.15) is 0 Å². The zero-order chi connectivity index (χ0) is 26.6. The first-order valence-electron chi connectivity index (χ1n) is 13.4. The van der Waals surface area contributed by atoms with Gasteiger partial charge in [0.1, 0.15) is 0 Å². The van der Waals surface area contributed by atoms with Crippen LogP contribution in [0.25, 0.3) is 27.6 Å². The van der Waals surface area contributed by atoms with Crippen molar-refractivity contribution in [2.75, 3.05) is 13.1 Å². The van der Waals surface area contributed by atoms with Gasteiger partial charge in [0.25, 0.3) is 5.56 Å². The molecular weight excluding hydrogens is 502 g/mol. The van der Waals surface area contributed by atoms with Crippen LogP contribution in [0.3, 0.4) is 0 Å². The molecule has 5 aromatic rings. The van der Waals surface area contributed by atoms with Crippen molar-refractivity contribution in [1.82, 2.24) is 14.5 Å². The van der Waals surface area contributed by atoms with Gasteiger partial charge in [0.05, 0.1) is 17.2 Å². The number of aryl methyl sites for hydroxylation is 2. The van der Waals surface area contributed by atoms with Crippen molar-refractivity contribution < 1.29 is 0 Å². The summed E-state index contributed by atoms with van der Waals surface area (Å²) in [4.78, 5) is 20.2. The van der Waals surface area contributed by atoms with Gasteiger partial charge in [0, 0.05) is 31.2 Å². The molecule has 6 rings (SSSR count). The number of halogens is 1. The lowest BCUT2D eigenvalue weighted by atomic mass is 9.99. The van der Waals surface area contributed by atoms with E-state index < -0.39 is 0 Å². The van der Waals surface area contributed by atoms with Gasteiger partial charge in [0.15, 0.2) is 0 Å². The predicted molar refractivity (Wildman–Crippen MR) is 161 cm³/mol. The minimum absolute atomic E-state index is 0.00713. The summed E-state index contributed by atoms with van der Waals surface area (Å²) in [6.07, 6.45) is 5.89. The molecule has 0 fully saturated rings. The molecule has 4 nitrogen and oxygen atoms in total. The van der Waals surface area contributed by atoms with E-state index >= 15 is 0 Å². The third-order valence-electron chi connectivity index (χ3n) is 7.51. The van der Waals surface area contributed by atoms with Crippen LogP contribution in [0.2, 0.25) is 5.02 Å². The molecule has 0 amide bonds. The summed E-state index contributed by atoms with van der Waals surface area (Å²) in [5, 5.41) is 1.34. The quantitative estimate of drug-likeness (QED) is 0.222. The zero-order valence-corrected chi connectivity index (χ0v) is 22.5. The molecule has 0 aliphatic carbocycles. The fraction of sp³-hybridized carbons (Fsp3) is 0.176. The molecule has 2 heterocycles. The largest absolute Gasteiger partial charge is 0.298 e. The van der Waals surface area contributed by atoms with E-state index in [2.05, 4.69) is 70.6 Å². The summed E-state index contributed by atoms with van der Waals surface area (Å²) in [6.45, 7) is 3.59. The Morgan fingerprint density at radius 1 is 0.795 bits per heavy atom. The van der Waals surface area contributed by atoms with E-state index in [4.69, 9.17) is 11.6 Å². The number of fused-ring (bicyclic) bond motifs is 1. The predicted octanol–water partition coefficient (Wildman–Crippen LogP) is 7.25. The molecule has 194 valence electrons. The summed E-state index contributed by atoms with van der Waals surface area (Å²) < 4.78 is 1.71. The lowest BCUT2D eigenvalue weighted by molar-refractivity contribution is 0.294. The van der Waals surface area contributed by atoms with E-state index in [9.17, 15) is 4.79 Å². The second-order valence-corrected chi connectivity index (χ2v) is 10.6. The Morgan fingerprint density at radius 2 is 1.54 bits per heavy atom. The van der Waals surface area contributed by atoms with E-state index in [0.29, 0.717) is 22.5 Å². The van der Waals surface area contributed by atoms with Crippen LogP contribution in [0.15, 0.2) is 114 Å². The molecule has 0 spiro atoms. The van der Waals surface area contributed by atoms with E-state index in [-0.39, 0.29) is 5.56 Å². The Balaban J connectivity index is 1.07. The van der Waals surface area contributed by atoms with Gasteiger partial charge >= 0.3 is 0 Å². The van der Waals surface area contributed by atoms with Crippen LogP contribution < -0.4 is 5.56 Å². The number of nitrogens with zero attached hydrogens (tertiary/aromatic N) is 3. The standard InChI is InChI=1S/C34H30ClN3O/c35-31-13-10-28(11-14-31)30-12-15-32-33(22-30)36-24-38(34(32)39)21-16-25-6-8-26(9-7-25)23-37-19-17-29(18-20-37)27-4-2-1-3-5-27/h1-15,17,22,24H,16,18-21,23H2. The number of benzene rings is 4. The molecule has 0 unspecified atom stereocenters. The van der Waals surface area contributed by atoms with Crippen LogP contribution in [0.4, 0.5) is 0 Å². The van der Waals surface area contributed by atoms with Gasteiger partial charge in [-0.25, -0.2) is 4.98 Å². The van der Waals surface area contributed by atoms with Crippen LogP contribution in [0, 0.1) is 0 Å². The van der Waals surface area contributed by atoms with Crippen molar-refractivity contribution in [3.8, 4) is 11.1 Å². The average molecular weight is 532 g/mol. The molecule has 0 saturated carbocycles. The SMILES string of the molecule is O=c1c2ccc(-c3ccc(Cl)cc3)cc2ncn1CCc1ccc(CN2CC=C(c3ccccc3)CC2)cc1. The summed E-state index contributed by atoms with van der Waals surface area (Å²) in [7, 11) is 0. The van der Waals surface area contributed by atoms with Gasteiger partial charge in [-0.1, -0.05) is 90.5 Å². The fourth-order valence-corrected chi connectivity index (χ4v) is 5.35.